The molecular formula is C9H9NaO3S. The van der Waals surface area contributed by atoms with Gasteiger partial charge in [0.2, 0.25) is 0 Å². The first kappa shape index (κ1) is 12.2. The van der Waals surface area contributed by atoms with Crippen molar-refractivity contribution in [2.45, 2.75) is 17.7 Å². The number of hydrogen-bond acceptors (Lipinski definition) is 3. The van der Waals surface area contributed by atoms with E-state index < -0.39 is 11.1 Å². The van der Waals surface area contributed by atoms with Crippen LogP contribution >= 0.6 is 0 Å². The smallest absolute Gasteiger partial charge is 0.768 e. The van der Waals surface area contributed by atoms with Crippen LogP contribution in [0.4, 0.5) is 0 Å². The Morgan fingerprint density at radius 1 is 1.43 bits per heavy atom. The van der Waals surface area contributed by atoms with E-state index in [-0.39, 0.29) is 34.5 Å². The summed E-state index contributed by atoms with van der Waals surface area (Å²) in [5.41, 5.74) is 0.993. The molecule has 0 fully saturated rings. The zero-order valence-corrected chi connectivity index (χ0v) is 10.8. The Morgan fingerprint density at radius 3 is 2.93 bits per heavy atom. The number of ether oxygens (including phenoxy) is 1. The maximum absolute atomic E-state index is 10.8. The van der Waals surface area contributed by atoms with Crippen LogP contribution in [0.15, 0.2) is 23.1 Å². The first-order chi connectivity index (χ1) is 6.29. The van der Waals surface area contributed by atoms with Gasteiger partial charge in [0.25, 0.3) is 0 Å². The van der Waals surface area contributed by atoms with E-state index >= 15 is 0 Å². The molecule has 1 aromatic rings. The van der Waals surface area contributed by atoms with Crippen molar-refractivity contribution in [3.8, 4) is 5.75 Å². The van der Waals surface area contributed by atoms with Gasteiger partial charge in [0, 0.05) is 0 Å². The van der Waals surface area contributed by atoms with Crippen LogP contribution < -0.4 is 34.3 Å². The molecule has 1 unspecified atom stereocenters. The first-order valence-electron chi connectivity index (χ1n) is 4.13. The number of para-hydroxylation sites is 1. The van der Waals surface area contributed by atoms with Crippen LogP contribution in [-0.2, 0) is 17.5 Å². The second kappa shape index (κ2) is 5.28. The van der Waals surface area contributed by atoms with E-state index in [4.69, 9.17) is 4.74 Å². The van der Waals surface area contributed by atoms with Crippen LogP contribution in [0.1, 0.15) is 12.0 Å². The van der Waals surface area contributed by atoms with E-state index in [9.17, 15) is 8.76 Å². The van der Waals surface area contributed by atoms with Crippen molar-refractivity contribution in [3.05, 3.63) is 23.8 Å². The number of fused-ring (bicyclic) bond motifs is 1. The van der Waals surface area contributed by atoms with Crippen molar-refractivity contribution in [2.75, 3.05) is 6.61 Å². The van der Waals surface area contributed by atoms with E-state index in [1.54, 1.807) is 12.1 Å². The van der Waals surface area contributed by atoms with Crippen molar-refractivity contribution in [2.24, 2.45) is 0 Å². The Kier molecular flexibility index (Phi) is 4.60. The van der Waals surface area contributed by atoms with Gasteiger partial charge in [-0.3, -0.25) is 4.21 Å². The minimum atomic E-state index is -2.19. The summed E-state index contributed by atoms with van der Waals surface area (Å²) in [7, 11) is 0. The van der Waals surface area contributed by atoms with Gasteiger partial charge in [0.15, 0.2) is 0 Å². The molecule has 14 heavy (non-hydrogen) atoms. The summed E-state index contributed by atoms with van der Waals surface area (Å²) in [6.07, 6.45) is 1.86. The van der Waals surface area contributed by atoms with E-state index in [1.165, 1.54) is 0 Å². The third-order valence-electron chi connectivity index (χ3n) is 2.08. The molecule has 0 aliphatic carbocycles. The van der Waals surface area contributed by atoms with Gasteiger partial charge in [-0.25, -0.2) is 0 Å². The first-order valence-corrected chi connectivity index (χ1v) is 5.20. The number of aryl methyl sites for hydroxylation is 1. The standard InChI is InChI=1S/C9H10O3S.Na/c10-13(11)8-5-1-3-7-4-2-6-12-9(7)8;/h1,3,5H,2,4,6H2,(H,10,11);/q;+1/p-1. The minimum absolute atomic E-state index is 0. The van der Waals surface area contributed by atoms with Crippen LogP contribution in [-0.4, -0.2) is 15.4 Å². The van der Waals surface area contributed by atoms with E-state index in [2.05, 4.69) is 0 Å². The molecule has 0 amide bonds. The summed E-state index contributed by atoms with van der Waals surface area (Å²) >= 11 is -2.19. The fraction of sp³-hybridized carbons (Fsp3) is 0.333. The molecule has 0 saturated heterocycles. The monoisotopic (exact) mass is 220 g/mol. The summed E-state index contributed by atoms with van der Waals surface area (Å²) in [6.45, 7) is 0.612. The Morgan fingerprint density at radius 2 is 2.21 bits per heavy atom. The third-order valence-corrected chi connectivity index (χ3v) is 2.76. The molecule has 0 radical (unpaired) electrons. The van der Waals surface area contributed by atoms with Gasteiger partial charge in [0.1, 0.15) is 5.75 Å². The molecule has 1 aliphatic rings. The molecule has 1 aliphatic heterocycles. The molecule has 70 valence electrons. The molecule has 1 aromatic carbocycles. The van der Waals surface area contributed by atoms with Gasteiger partial charge < -0.3 is 9.29 Å². The Labute approximate surface area is 107 Å². The predicted octanol–water partition coefficient (Wildman–Crippen LogP) is -1.75. The van der Waals surface area contributed by atoms with Gasteiger partial charge >= 0.3 is 29.6 Å². The molecule has 0 aromatic heterocycles. The summed E-state index contributed by atoms with van der Waals surface area (Å²) in [6, 6.07) is 5.22. The minimum Gasteiger partial charge on any atom is -0.768 e. The quantitative estimate of drug-likeness (QED) is 0.417. The maximum Gasteiger partial charge on any atom is 1.00 e. The van der Waals surface area contributed by atoms with Crippen molar-refractivity contribution in [3.63, 3.8) is 0 Å². The summed E-state index contributed by atoms with van der Waals surface area (Å²) in [5, 5.41) is 0. The molecular weight excluding hydrogens is 211 g/mol. The van der Waals surface area contributed by atoms with Crippen molar-refractivity contribution in [1.29, 1.82) is 0 Å². The van der Waals surface area contributed by atoms with Crippen molar-refractivity contribution in [1.82, 2.24) is 0 Å². The zero-order valence-electron chi connectivity index (χ0n) is 7.99. The molecule has 1 heterocycles. The van der Waals surface area contributed by atoms with Gasteiger partial charge in [0.05, 0.1) is 11.5 Å². The van der Waals surface area contributed by atoms with Crippen LogP contribution in [0.25, 0.3) is 0 Å². The van der Waals surface area contributed by atoms with Gasteiger partial charge in [-0.2, -0.15) is 0 Å². The molecule has 5 heteroatoms. The normalized spacial score (nSPS) is 16.1. The second-order valence-corrected chi connectivity index (χ2v) is 3.84. The van der Waals surface area contributed by atoms with Crippen LogP contribution in [0.3, 0.4) is 0 Å². The molecule has 0 N–H and O–H groups in total. The molecule has 0 spiro atoms. The van der Waals surface area contributed by atoms with Crippen LogP contribution in [0.2, 0.25) is 0 Å². The SMILES string of the molecule is O=S([O-])c1cccc2c1OCCC2.[Na+]. The largest absolute Gasteiger partial charge is 1.00 e. The fourth-order valence-electron chi connectivity index (χ4n) is 1.49. The predicted molar refractivity (Wildman–Crippen MR) is 47.4 cm³/mol. The number of benzene rings is 1. The zero-order chi connectivity index (χ0) is 9.26. The fourth-order valence-corrected chi connectivity index (χ4v) is 2.02. The summed E-state index contributed by atoms with van der Waals surface area (Å²) < 4.78 is 26.9. The van der Waals surface area contributed by atoms with Gasteiger partial charge in [-0.1, -0.05) is 12.1 Å². The topological polar surface area (TPSA) is 49.4 Å². The maximum atomic E-state index is 10.8. The van der Waals surface area contributed by atoms with Crippen molar-refractivity contribution >= 4 is 11.1 Å². The van der Waals surface area contributed by atoms with Crippen molar-refractivity contribution < 1.29 is 43.1 Å². The Bertz CT molecular complexity index is 354. The van der Waals surface area contributed by atoms with E-state index in [0.29, 0.717) is 12.4 Å². The average molecular weight is 220 g/mol. The third kappa shape index (κ3) is 2.38. The molecule has 0 saturated carbocycles. The van der Waals surface area contributed by atoms with E-state index in [1.807, 2.05) is 6.07 Å². The van der Waals surface area contributed by atoms with Gasteiger partial charge in [-0.05, 0) is 35.6 Å². The second-order valence-electron chi connectivity index (χ2n) is 2.93. The molecule has 3 nitrogen and oxygen atoms in total. The van der Waals surface area contributed by atoms with Crippen LogP contribution in [0.5, 0.6) is 5.75 Å². The number of hydrogen-bond donors (Lipinski definition) is 0. The summed E-state index contributed by atoms with van der Waals surface area (Å²) in [4.78, 5) is 0.275. The Balaban J connectivity index is 0.000000980. The van der Waals surface area contributed by atoms with Gasteiger partial charge in [-0.15, -0.1) is 0 Å². The number of rotatable bonds is 1. The van der Waals surface area contributed by atoms with Crippen LogP contribution in [0, 0.1) is 0 Å². The summed E-state index contributed by atoms with van der Waals surface area (Å²) in [5.74, 6) is 0.544. The average Bonchev–Trinajstić information content (AvgIpc) is 2.17. The molecule has 1 atom stereocenters. The Hall–Kier alpha value is 0.130. The van der Waals surface area contributed by atoms with E-state index in [0.717, 1.165) is 18.4 Å². The molecule has 0 bridgehead atoms. The molecule has 2 rings (SSSR count).